The Morgan fingerprint density at radius 1 is 1.30 bits per heavy atom. The van der Waals surface area contributed by atoms with Gasteiger partial charge in [-0.2, -0.15) is 0 Å². The molecule has 51 valence electrons. The largest absolute Gasteiger partial charge is 0.508 e. The Kier molecular flexibility index (Phi) is 1.67. The van der Waals surface area contributed by atoms with Gasteiger partial charge in [0.1, 0.15) is 11.5 Å². The second-order valence-corrected chi connectivity index (χ2v) is 2.70. The van der Waals surface area contributed by atoms with Crippen molar-refractivity contribution in [1.82, 2.24) is 0 Å². The van der Waals surface area contributed by atoms with Gasteiger partial charge in [-0.25, -0.2) is 0 Å². The molecule has 3 heteroatoms. The molecule has 10 heavy (non-hydrogen) atoms. The van der Waals surface area contributed by atoms with Crippen LogP contribution in [0.2, 0.25) is 0 Å². The Balaban J connectivity index is 3.31. The minimum atomic E-state index is 0.153. The molecule has 2 nitrogen and oxygen atoms in total. The van der Waals surface area contributed by atoms with Gasteiger partial charge in [0.15, 0.2) is 0 Å². The van der Waals surface area contributed by atoms with Crippen molar-refractivity contribution in [1.29, 1.82) is 0 Å². The quantitative estimate of drug-likeness (QED) is 0.411. The molecule has 0 aromatic heterocycles. The molecule has 0 bridgehead atoms. The Labute approximate surface area is 62.6 Å². The molecule has 1 rings (SSSR count). The Morgan fingerprint density at radius 3 is 2.40 bits per heavy atom. The van der Waals surface area contributed by atoms with Crippen LogP contribution in [0, 0.1) is 6.92 Å². The number of hydrogen-bond donors (Lipinski definition) is 2. The highest BCUT2D eigenvalue weighted by Gasteiger charge is 2.00. The molecular weight excluding hydrogens is 144 g/mol. The van der Waals surface area contributed by atoms with Crippen LogP contribution in [0.4, 0.5) is 0 Å². The predicted molar refractivity (Wildman–Crippen MR) is 39.9 cm³/mol. The molecule has 0 aliphatic rings. The molecule has 0 amide bonds. The SMILES string of the molecule is Cc1cc(O)cc([Si])c1O. The van der Waals surface area contributed by atoms with E-state index in [-0.39, 0.29) is 11.5 Å². The summed E-state index contributed by atoms with van der Waals surface area (Å²) in [5, 5.41) is 18.7. The molecule has 0 fully saturated rings. The third-order valence-corrected chi connectivity index (χ3v) is 1.67. The average molecular weight is 151 g/mol. The van der Waals surface area contributed by atoms with E-state index in [0.717, 1.165) is 0 Å². The summed E-state index contributed by atoms with van der Waals surface area (Å²) in [6, 6.07) is 2.94. The van der Waals surface area contributed by atoms with Gasteiger partial charge in [0.25, 0.3) is 0 Å². The monoisotopic (exact) mass is 151 g/mol. The second-order valence-electron chi connectivity index (χ2n) is 2.16. The van der Waals surface area contributed by atoms with Gasteiger partial charge in [0, 0.05) is 0 Å². The normalized spacial score (nSPS) is 9.80. The predicted octanol–water partition coefficient (Wildman–Crippen LogP) is 0.200. The molecule has 3 radical (unpaired) electrons. The first-order chi connectivity index (χ1) is 4.61. The summed E-state index contributed by atoms with van der Waals surface area (Å²) in [5.41, 5.74) is 0.657. The van der Waals surface area contributed by atoms with Gasteiger partial charge in [-0.3, -0.25) is 0 Å². The van der Waals surface area contributed by atoms with E-state index in [9.17, 15) is 5.11 Å². The zero-order valence-electron chi connectivity index (χ0n) is 5.55. The molecule has 0 aliphatic carbocycles. The number of hydrogen-bond acceptors (Lipinski definition) is 2. The van der Waals surface area contributed by atoms with Crippen molar-refractivity contribution in [3.8, 4) is 11.5 Å². The molecule has 0 saturated heterocycles. The van der Waals surface area contributed by atoms with E-state index in [1.54, 1.807) is 6.92 Å². The molecule has 0 aliphatic heterocycles. The fourth-order valence-electron chi connectivity index (χ4n) is 0.761. The second kappa shape index (κ2) is 2.34. The molecule has 0 spiro atoms. The molecule has 0 heterocycles. The fourth-order valence-corrected chi connectivity index (χ4v) is 1.11. The molecule has 0 atom stereocenters. The van der Waals surface area contributed by atoms with Crippen LogP contribution >= 0.6 is 0 Å². The van der Waals surface area contributed by atoms with Gasteiger partial charge >= 0.3 is 0 Å². The summed E-state index contributed by atoms with van der Waals surface area (Å²) in [6.07, 6.45) is 0. The first-order valence-electron chi connectivity index (χ1n) is 2.85. The maximum atomic E-state index is 9.17. The zero-order valence-corrected chi connectivity index (χ0v) is 6.55. The summed E-state index contributed by atoms with van der Waals surface area (Å²) in [7, 11) is 3.14. The zero-order chi connectivity index (χ0) is 7.72. The van der Waals surface area contributed by atoms with Gasteiger partial charge < -0.3 is 10.2 Å². The van der Waals surface area contributed by atoms with Gasteiger partial charge in [0.2, 0.25) is 0 Å². The topological polar surface area (TPSA) is 40.5 Å². The lowest BCUT2D eigenvalue weighted by molar-refractivity contribution is 0.460. The van der Waals surface area contributed by atoms with Crippen LogP contribution in [0.5, 0.6) is 11.5 Å². The van der Waals surface area contributed by atoms with Gasteiger partial charge in [-0.1, -0.05) is 0 Å². The van der Waals surface area contributed by atoms with Crippen LogP contribution in [0.1, 0.15) is 5.56 Å². The molecule has 0 saturated carbocycles. The van der Waals surface area contributed by atoms with Crippen LogP contribution in [0.15, 0.2) is 12.1 Å². The van der Waals surface area contributed by atoms with Crippen LogP contribution in [0.3, 0.4) is 0 Å². The van der Waals surface area contributed by atoms with Crippen molar-refractivity contribution < 1.29 is 10.2 Å². The third-order valence-electron chi connectivity index (χ3n) is 1.29. The highest BCUT2D eigenvalue weighted by molar-refractivity contribution is 6.34. The van der Waals surface area contributed by atoms with E-state index in [2.05, 4.69) is 10.2 Å². The van der Waals surface area contributed by atoms with E-state index < -0.39 is 0 Å². The number of aryl methyl sites for hydroxylation is 1. The Hall–Kier alpha value is -0.963. The van der Waals surface area contributed by atoms with Gasteiger partial charge in [-0.15, -0.1) is 0 Å². The number of benzene rings is 1. The van der Waals surface area contributed by atoms with Crippen molar-refractivity contribution in [3.63, 3.8) is 0 Å². The first-order valence-corrected chi connectivity index (χ1v) is 3.35. The minimum absolute atomic E-state index is 0.153. The maximum Gasteiger partial charge on any atom is 0.117 e. The summed E-state index contributed by atoms with van der Waals surface area (Å²) in [5.74, 6) is 0.328. The molecular formula is C7H7O2Si. The first kappa shape index (κ1) is 7.15. The van der Waals surface area contributed by atoms with Gasteiger partial charge in [0.05, 0.1) is 10.2 Å². The Morgan fingerprint density at radius 2 is 1.90 bits per heavy atom. The van der Waals surface area contributed by atoms with E-state index >= 15 is 0 Å². The summed E-state index contributed by atoms with van der Waals surface area (Å²) in [6.45, 7) is 1.72. The van der Waals surface area contributed by atoms with Crippen LogP contribution in [0.25, 0.3) is 0 Å². The minimum Gasteiger partial charge on any atom is -0.508 e. The van der Waals surface area contributed by atoms with E-state index in [1.807, 2.05) is 0 Å². The van der Waals surface area contributed by atoms with Crippen LogP contribution in [-0.4, -0.2) is 20.5 Å². The van der Waals surface area contributed by atoms with Crippen LogP contribution in [-0.2, 0) is 0 Å². The third kappa shape index (κ3) is 1.13. The lowest BCUT2D eigenvalue weighted by Gasteiger charge is -2.02. The van der Waals surface area contributed by atoms with E-state index in [1.165, 1.54) is 12.1 Å². The molecule has 1 aromatic rings. The average Bonchev–Trinajstić information content (AvgIpc) is 1.82. The maximum absolute atomic E-state index is 9.17. The standard InChI is InChI=1S/C7H7O2Si/c1-4-2-5(8)3-6(10)7(4)9/h2-3,8-9H,1H3. The number of phenolic OH excluding ortho intramolecular Hbond substituents is 2. The van der Waals surface area contributed by atoms with E-state index in [0.29, 0.717) is 10.8 Å². The van der Waals surface area contributed by atoms with Crippen molar-refractivity contribution in [3.05, 3.63) is 17.7 Å². The Bertz CT molecular complexity index is 235. The molecule has 1 aromatic carbocycles. The van der Waals surface area contributed by atoms with Crippen molar-refractivity contribution in [2.45, 2.75) is 6.92 Å². The summed E-state index contributed by atoms with van der Waals surface area (Å²) >= 11 is 0. The van der Waals surface area contributed by atoms with Crippen molar-refractivity contribution in [2.24, 2.45) is 0 Å². The molecule has 2 N–H and O–H groups in total. The lowest BCUT2D eigenvalue weighted by Crippen LogP contribution is -2.02. The number of phenols is 2. The van der Waals surface area contributed by atoms with Gasteiger partial charge in [-0.05, 0) is 29.8 Å². The number of rotatable bonds is 0. The summed E-state index contributed by atoms with van der Waals surface area (Å²) in [4.78, 5) is 0. The van der Waals surface area contributed by atoms with Crippen LogP contribution < -0.4 is 5.19 Å². The fraction of sp³-hybridized carbons (Fsp3) is 0.143. The van der Waals surface area contributed by atoms with Crippen molar-refractivity contribution in [2.75, 3.05) is 0 Å². The lowest BCUT2D eigenvalue weighted by atomic mass is 10.2. The van der Waals surface area contributed by atoms with E-state index in [4.69, 9.17) is 5.11 Å². The smallest absolute Gasteiger partial charge is 0.117 e. The molecule has 0 unspecified atom stereocenters. The highest BCUT2D eigenvalue weighted by atomic mass is 28.1. The summed E-state index contributed by atoms with van der Waals surface area (Å²) < 4.78 is 0. The highest BCUT2D eigenvalue weighted by Crippen LogP contribution is 2.17. The number of aromatic hydroxyl groups is 2. The van der Waals surface area contributed by atoms with Crippen molar-refractivity contribution >= 4 is 15.4 Å².